The van der Waals surface area contributed by atoms with Crippen LogP contribution in [0.5, 0.6) is 0 Å². The number of nitrogens with one attached hydrogen (secondary N) is 1. The van der Waals surface area contributed by atoms with E-state index in [2.05, 4.69) is 16.8 Å². The smallest absolute Gasteiger partial charge is 0.407 e. The van der Waals surface area contributed by atoms with Crippen molar-refractivity contribution in [1.82, 2.24) is 5.32 Å². The van der Waals surface area contributed by atoms with Gasteiger partial charge in [-0.1, -0.05) is 6.08 Å². The van der Waals surface area contributed by atoms with E-state index in [0.717, 1.165) is 25.7 Å². The van der Waals surface area contributed by atoms with Crippen LogP contribution in [0.25, 0.3) is 0 Å². The molecule has 1 fully saturated rings. The van der Waals surface area contributed by atoms with Gasteiger partial charge in [0.05, 0.1) is 46.1 Å². The van der Waals surface area contributed by atoms with Gasteiger partial charge in [-0.05, 0) is 44.9 Å². The van der Waals surface area contributed by atoms with Crippen LogP contribution in [0.4, 0.5) is 4.79 Å². The highest BCUT2D eigenvalue weighted by molar-refractivity contribution is 8.02. The van der Waals surface area contributed by atoms with Crippen LogP contribution in [0, 0.1) is 0 Å². The van der Waals surface area contributed by atoms with Gasteiger partial charge in [-0.25, -0.2) is 4.79 Å². The first-order valence-electron chi connectivity index (χ1n) is 11.6. The van der Waals surface area contributed by atoms with Crippen molar-refractivity contribution >= 4 is 29.6 Å². The number of hydrogen-bond acceptors (Lipinski definition) is 9. The van der Waals surface area contributed by atoms with E-state index in [1.807, 2.05) is 18.7 Å². The standard InChI is InChI=1S/C23H39NO8S/c1-3-18-33-21-7-5-20(6-8-21)32-23(27)24-10-11-28-12-13-29-14-15-30-16-17-31-22(26)9-4-19(2)25/h3,18,20-21H,4-17H2,1-2H3,(H,24,27)/b18-3-. The fourth-order valence-electron chi connectivity index (χ4n) is 3.00. The van der Waals surface area contributed by atoms with Gasteiger partial charge in [0.15, 0.2) is 0 Å². The maximum atomic E-state index is 11.9. The summed E-state index contributed by atoms with van der Waals surface area (Å²) in [6, 6.07) is 0. The molecule has 0 bridgehead atoms. The maximum absolute atomic E-state index is 11.9. The minimum Gasteiger partial charge on any atom is -0.463 e. The number of amides is 1. The molecule has 0 atom stereocenters. The molecule has 1 rings (SSSR count). The molecule has 1 saturated carbocycles. The molecule has 10 heteroatoms. The summed E-state index contributed by atoms with van der Waals surface area (Å²) < 4.78 is 26.5. The normalized spacial score (nSPS) is 18.2. The highest BCUT2D eigenvalue weighted by Gasteiger charge is 2.23. The Labute approximate surface area is 201 Å². The van der Waals surface area contributed by atoms with Gasteiger partial charge in [0.1, 0.15) is 18.5 Å². The summed E-state index contributed by atoms with van der Waals surface area (Å²) in [5.74, 6) is -0.432. The zero-order valence-corrected chi connectivity index (χ0v) is 20.7. The summed E-state index contributed by atoms with van der Waals surface area (Å²) in [4.78, 5) is 33.9. The lowest BCUT2D eigenvalue weighted by molar-refractivity contribution is -0.146. The molecule has 1 aliphatic rings. The van der Waals surface area contributed by atoms with Gasteiger partial charge < -0.3 is 33.8 Å². The summed E-state index contributed by atoms with van der Waals surface area (Å²) in [5.41, 5.74) is 0. The average molecular weight is 490 g/mol. The van der Waals surface area contributed by atoms with Gasteiger partial charge in [-0.2, -0.15) is 0 Å². The van der Waals surface area contributed by atoms with Gasteiger partial charge in [-0.15, -0.1) is 11.8 Å². The molecule has 1 amide bonds. The highest BCUT2D eigenvalue weighted by Crippen LogP contribution is 2.30. The van der Waals surface area contributed by atoms with Crippen LogP contribution in [0.15, 0.2) is 11.5 Å². The lowest BCUT2D eigenvalue weighted by atomic mass is 9.97. The van der Waals surface area contributed by atoms with E-state index in [1.54, 1.807) is 0 Å². The van der Waals surface area contributed by atoms with E-state index in [9.17, 15) is 14.4 Å². The molecule has 190 valence electrons. The van der Waals surface area contributed by atoms with Crippen LogP contribution in [-0.4, -0.2) is 82.0 Å². The number of ketones is 1. The van der Waals surface area contributed by atoms with Crippen LogP contribution in [0.3, 0.4) is 0 Å². The summed E-state index contributed by atoms with van der Waals surface area (Å²) >= 11 is 1.86. The van der Waals surface area contributed by atoms with Crippen molar-refractivity contribution in [2.75, 3.05) is 52.8 Å². The Morgan fingerprint density at radius 2 is 1.48 bits per heavy atom. The third-order valence-corrected chi connectivity index (χ3v) is 6.02. The summed E-state index contributed by atoms with van der Waals surface area (Å²) in [6.45, 7) is 6.29. The Morgan fingerprint density at radius 3 is 2.09 bits per heavy atom. The van der Waals surface area contributed by atoms with Crippen molar-refractivity contribution in [3.63, 3.8) is 0 Å². The van der Waals surface area contributed by atoms with E-state index in [0.29, 0.717) is 44.8 Å². The summed E-state index contributed by atoms with van der Waals surface area (Å²) in [5, 5.41) is 5.46. The summed E-state index contributed by atoms with van der Waals surface area (Å²) in [7, 11) is 0. The summed E-state index contributed by atoms with van der Waals surface area (Å²) in [6.07, 6.45) is 5.92. The van der Waals surface area contributed by atoms with Crippen LogP contribution >= 0.6 is 11.8 Å². The van der Waals surface area contributed by atoms with E-state index in [1.165, 1.54) is 6.92 Å². The number of ether oxygens (including phenoxy) is 5. The molecule has 0 spiro atoms. The molecule has 0 aromatic heterocycles. The first-order chi connectivity index (χ1) is 16.0. The van der Waals surface area contributed by atoms with E-state index >= 15 is 0 Å². The van der Waals surface area contributed by atoms with Crippen molar-refractivity contribution in [2.45, 2.75) is 63.7 Å². The molecular weight excluding hydrogens is 450 g/mol. The molecule has 9 nitrogen and oxygen atoms in total. The van der Waals surface area contributed by atoms with Gasteiger partial charge in [-0.3, -0.25) is 4.79 Å². The molecule has 0 aromatic rings. The molecule has 0 radical (unpaired) electrons. The largest absolute Gasteiger partial charge is 0.463 e. The van der Waals surface area contributed by atoms with Crippen molar-refractivity contribution in [3.8, 4) is 0 Å². The number of carbonyl (C=O) groups excluding carboxylic acids is 3. The average Bonchev–Trinajstić information content (AvgIpc) is 2.80. The van der Waals surface area contributed by atoms with Crippen molar-refractivity contribution < 1.29 is 38.1 Å². The number of carbonyl (C=O) groups is 3. The topological polar surface area (TPSA) is 109 Å². The number of rotatable bonds is 18. The Bertz CT molecular complexity index is 579. The molecule has 0 saturated heterocycles. The lowest BCUT2D eigenvalue weighted by Crippen LogP contribution is -2.33. The predicted molar refractivity (Wildman–Crippen MR) is 126 cm³/mol. The Balaban J connectivity index is 1.83. The Morgan fingerprint density at radius 1 is 0.879 bits per heavy atom. The van der Waals surface area contributed by atoms with Crippen LogP contribution in [-0.2, 0) is 33.3 Å². The second kappa shape index (κ2) is 19.8. The van der Waals surface area contributed by atoms with E-state index in [-0.39, 0.29) is 44.0 Å². The molecular formula is C23H39NO8S. The first kappa shape index (κ1) is 29.4. The minimum atomic E-state index is -0.396. The number of alkyl carbamates (subject to hydrolysis) is 1. The first-order valence-corrected chi connectivity index (χ1v) is 12.5. The quantitative estimate of drug-likeness (QED) is 0.229. The molecule has 0 aliphatic heterocycles. The zero-order chi connectivity index (χ0) is 24.2. The second-order valence-electron chi connectivity index (χ2n) is 7.60. The number of thioether (sulfide) groups is 1. The van der Waals surface area contributed by atoms with Gasteiger partial charge in [0, 0.05) is 18.2 Å². The van der Waals surface area contributed by atoms with Crippen molar-refractivity contribution in [3.05, 3.63) is 11.5 Å². The number of hydrogen-bond donors (Lipinski definition) is 1. The monoisotopic (exact) mass is 489 g/mol. The van der Waals surface area contributed by atoms with E-state index < -0.39 is 5.97 Å². The molecule has 1 aliphatic carbocycles. The zero-order valence-electron chi connectivity index (χ0n) is 19.9. The van der Waals surface area contributed by atoms with Crippen LogP contribution < -0.4 is 5.32 Å². The van der Waals surface area contributed by atoms with Gasteiger partial charge >= 0.3 is 12.1 Å². The highest BCUT2D eigenvalue weighted by atomic mass is 32.2. The third kappa shape index (κ3) is 17.5. The Kier molecular flexibility index (Phi) is 17.7. The van der Waals surface area contributed by atoms with Crippen LogP contribution in [0.1, 0.15) is 52.4 Å². The number of Topliss-reactive ketones (excluding diaryl/α,β-unsaturated/α-hetero) is 1. The number of esters is 1. The van der Waals surface area contributed by atoms with Gasteiger partial charge in [0.2, 0.25) is 0 Å². The van der Waals surface area contributed by atoms with E-state index in [4.69, 9.17) is 23.7 Å². The van der Waals surface area contributed by atoms with Crippen molar-refractivity contribution in [2.24, 2.45) is 0 Å². The van der Waals surface area contributed by atoms with Gasteiger partial charge in [0.25, 0.3) is 0 Å². The fourth-order valence-corrected chi connectivity index (χ4v) is 3.92. The molecule has 0 aromatic carbocycles. The van der Waals surface area contributed by atoms with Crippen LogP contribution in [0.2, 0.25) is 0 Å². The van der Waals surface area contributed by atoms with Crippen molar-refractivity contribution in [1.29, 1.82) is 0 Å². The second-order valence-corrected chi connectivity index (χ2v) is 8.81. The molecule has 33 heavy (non-hydrogen) atoms. The Hall–Kier alpha value is -1.62. The minimum absolute atomic E-state index is 0.00257. The maximum Gasteiger partial charge on any atom is 0.407 e. The third-order valence-electron chi connectivity index (χ3n) is 4.73. The fraction of sp³-hybridized carbons (Fsp3) is 0.783. The lowest BCUT2D eigenvalue weighted by Gasteiger charge is -2.27. The molecule has 1 N–H and O–H groups in total. The SMILES string of the molecule is C/C=C\SC1CCC(OC(=O)NCCOCCOCCOCCOC(=O)CCC(C)=O)CC1. The molecule has 0 heterocycles. The number of allylic oxidation sites excluding steroid dienone is 1. The molecule has 0 unspecified atom stereocenters. The predicted octanol–water partition coefficient (Wildman–Crippen LogP) is 3.25.